The van der Waals surface area contributed by atoms with Crippen LogP contribution in [0.5, 0.6) is 5.75 Å². The summed E-state index contributed by atoms with van der Waals surface area (Å²) in [6.45, 7) is 4.57. The molecule has 3 atom stereocenters. The van der Waals surface area contributed by atoms with Crippen molar-refractivity contribution in [3.63, 3.8) is 0 Å². The molecule has 2 aromatic carbocycles. The number of aryl methyl sites for hydroxylation is 1. The Bertz CT molecular complexity index is 1060. The van der Waals surface area contributed by atoms with Crippen LogP contribution in [-0.4, -0.2) is 58.3 Å². The zero-order chi connectivity index (χ0) is 25.0. The molecule has 1 aliphatic rings. The number of urea groups is 1. The van der Waals surface area contributed by atoms with Crippen molar-refractivity contribution in [1.29, 1.82) is 0 Å². The average molecular weight is 474 g/mol. The predicted molar refractivity (Wildman–Crippen MR) is 122 cm³/mol. The van der Waals surface area contributed by atoms with Gasteiger partial charge in [-0.1, -0.05) is 32.0 Å². The molecule has 182 valence electrons. The Labute approximate surface area is 196 Å². The number of benzene rings is 2. The van der Waals surface area contributed by atoms with Gasteiger partial charge in [-0.3, -0.25) is 9.59 Å². The second kappa shape index (κ2) is 10.6. The van der Waals surface area contributed by atoms with E-state index < -0.39 is 54.4 Å². The number of nitrogens with one attached hydrogen (secondary N) is 2. The number of nitrogens with zero attached hydrogens (tertiary/aromatic N) is 1. The number of carbonyl (C=O) groups is 3. The van der Waals surface area contributed by atoms with Crippen molar-refractivity contribution in [2.45, 2.75) is 39.0 Å². The van der Waals surface area contributed by atoms with Gasteiger partial charge in [-0.2, -0.15) is 0 Å². The van der Waals surface area contributed by atoms with E-state index in [4.69, 9.17) is 9.84 Å². The Morgan fingerprint density at radius 2 is 1.88 bits per heavy atom. The van der Waals surface area contributed by atoms with E-state index in [1.54, 1.807) is 51.1 Å². The summed E-state index contributed by atoms with van der Waals surface area (Å²) in [5, 5.41) is 23.3. The molecule has 2 aromatic rings. The van der Waals surface area contributed by atoms with Crippen molar-refractivity contribution in [2.24, 2.45) is 5.92 Å². The molecule has 0 radical (unpaired) electrons. The summed E-state index contributed by atoms with van der Waals surface area (Å²) in [4.78, 5) is 39.8. The molecule has 4 amide bonds. The maximum absolute atomic E-state index is 14.2. The number of ether oxygens (including phenoxy) is 1. The maximum Gasteiger partial charge on any atom is 0.325 e. The highest BCUT2D eigenvalue weighted by Gasteiger charge is 2.46. The lowest BCUT2D eigenvalue weighted by Gasteiger charge is -2.27. The zero-order valence-corrected chi connectivity index (χ0v) is 19.1. The number of carbonyl (C=O) groups excluding carboxylic acids is 3. The van der Waals surface area contributed by atoms with Gasteiger partial charge in [-0.25, -0.2) is 14.1 Å². The van der Waals surface area contributed by atoms with Crippen LogP contribution < -0.4 is 15.4 Å². The fourth-order valence-corrected chi connectivity index (χ4v) is 3.63. The number of halogens is 1. The Morgan fingerprint density at radius 3 is 2.47 bits per heavy atom. The lowest BCUT2D eigenvalue weighted by molar-refractivity contribution is -0.135. The number of rotatable bonds is 9. The number of aliphatic hydroxyl groups is 2. The van der Waals surface area contributed by atoms with Gasteiger partial charge < -0.3 is 25.6 Å². The molecule has 0 bridgehead atoms. The molecule has 0 aliphatic carbocycles. The lowest BCUT2D eigenvalue weighted by atomic mass is 10.00. The summed E-state index contributed by atoms with van der Waals surface area (Å²) in [6.07, 6.45) is -1.02. The van der Waals surface area contributed by atoms with Gasteiger partial charge in [0.05, 0.1) is 12.3 Å². The Morgan fingerprint density at radius 1 is 1.21 bits per heavy atom. The van der Waals surface area contributed by atoms with Gasteiger partial charge in [-0.15, -0.1) is 0 Å². The first-order valence-corrected chi connectivity index (χ1v) is 10.8. The van der Waals surface area contributed by atoms with Crippen molar-refractivity contribution in [3.8, 4) is 5.75 Å². The minimum atomic E-state index is -1.15. The van der Waals surface area contributed by atoms with Crippen LogP contribution in [0.25, 0.3) is 0 Å². The van der Waals surface area contributed by atoms with E-state index in [2.05, 4.69) is 10.6 Å². The minimum absolute atomic E-state index is 0.0354. The van der Waals surface area contributed by atoms with E-state index in [-0.39, 0.29) is 12.3 Å². The van der Waals surface area contributed by atoms with Crippen LogP contribution in [0.15, 0.2) is 42.5 Å². The number of imide groups is 1. The van der Waals surface area contributed by atoms with Crippen molar-refractivity contribution in [1.82, 2.24) is 10.2 Å². The first-order valence-electron chi connectivity index (χ1n) is 10.8. The predicted octanol–water partition coefficient (Wildman–Crippen LogP) is 2.12. The number of hydrogen-bond acceptors (Lipinski definition) is 6. The molecule has 34 heavy (non-hydrogen) atoms. The fourth-order valence-electron chi connectivity index (χ4n) is 3.63. The van der Waals surface area contributed by atoms with Crippen LogP contribution in [-0.2, 0) is 9.59 Å². The summed E-state index contributed by atoms with van der Waals surface area (Å²) in [7, 11) is 0. The number of aliphatic hydroxyl groups excluding tert-OH is 2. The molecule has 1 fully saturated rings. The molecular formula is C24H28FN3O6. The molecule has 9 nitrogen and oxygen atoms in total. The molecule has 4 N–H and O–H groups in total. The normalized spacial score (nSPS) is 17.5. The van der Waals surface area contributed by atoms with Crippen molar-refractivity contribution in [2.75, 3.05) is 18.5 Å². The minimum Gasteiger partial charge on any atom is -0.491 e. The Hall–Kier alpha value is -3.50. The second-order valence-corrected chi connectivity index (χ2v) is 8.47. The molecule has 1 aliphatic heterocycles. The molecule has 0 saturated carbocycles. The van der Waals surface area contributed by atoms with Crippen molar-refractivity contribution < 1.29 is 33.7 Å². The van der Waals surface area contributed by atoms with Crippen LogP contribution in [0.1, 0.15) is 31.0 Å². The molecule has 1 saturated heterocycles. The van der Waals surface area contributed by atoms with Crippen molar-refractivity contribution >= 4 is 23.5 Å². The third-order valence-corrected chi connectivity index (χ3v) is 5.40. The molecule has 10 heteroatoms. The van der Waals surface area contributed by atoms with Crippen LogP contribution >= 0.6 is 0 Å². The number of anilines is 1. The van der Waals surface area contributed by atoms with Gasteiger partial charge in [-0.05, 0) is 48.2 Å². The van der Waals surface area contributed by atoms with Gasteiger partial charge in [0.1, 0.15) is 36.4 Å². The van der Waals surface area contributed by atoms with E-state index >= 15 is 0 Å². The third-order valence-electron chi connectivity index (χ3n) is 5.40. The first-order chi connectivity index (χ1) is 16.1. The summed E-state index contributed by atoms with van der Waals surface area (Å²) >= 11 is 0. The highest BCUT2D eigenvalue weighted by Crippen LogP contribution is 2.28. The van der Waals surface area contributed by atoms with Gasteiger partial charge >= 0.3 is 6.03 Å². The average Bonchev–Trinajstić information content (AvgIpc) is 3.08. The SMILES string of the molecule is Cc1ccc(NC(=O)C(C(C)C)N2C(=O)N[C@H](c3ccc(OCC(O)CO)cc3)C2=O)c(F)c1. The molecule has 1 heterocycles. The summed E-state index contributed by atoms with van der Waals surface area (Å²) in [5.74, 6) is -1.92. The number of amides is 4. The Balaban J connectivity index is 1.76. The van der Waals surface area contributed by atoms with Gasteiger partial charge in [0.25, 0.3) is 5.91 Å². The van der Waals surface area contributed by atoms with E-state index in [0.717, 1.165) is 4.90 Å². The van der Waals surface area contributed by atoms with Gasteiger partial charge in [0.2, 0.25) is 5.91 Å². The highest BCUT2D eigenvalue weighted by atomic mass is 19.1. The van der Waals surface area contributed by atoms with Crippen molar-refractivity contribution in [3.05, 3.63) is 59.4 Å². The maximum atomic E-state index is 14.2. The van der Waals surface area contributed by atoms with Crippen LogP contribution in [0.2, 0.25) is 0 Å². The highest BCUT2D eigenvalue weighted by molar-refractivity contribution is 6.09. The molecular weight excluding hydrogens is 445 g/mol. The third kappa shape index (κ3) is 5.52. The molecule has 0 aromatic heterocycles. The summed E-state index contributed by atoms with van der Waals surface area (Å²) in [6, 6.07) is 7.76. The Kier molecular flexibility index (Phi) is 7.85. The number of hydrogen-bond donors (Lipinski definition) is 4. The summed E-state index contributed by atoms with van der Waals surface area (Å²) in [5.41, 5.74) is 1.13. The summed E-state index contributed by atoms with van der Waals surface area (Å²) < 4.78 is 19.6. The van der Waals surface area contributed by atoms with Crippen LogP contribution in [0.3, 0.4) is 0 Å². The molecule has 2 unspecified atom stereocenters. The first kappa shape index (κ1) is 25.1. The largest absolute Gasteiger partial charge is 0.491 e. The van der Waals surface area contributed by atoms with E-state index in [1.165, 1.54) is 12.1 Å². The topological polar surface area (TPSA) is 128 Å². The van der Waals surface area contributed by atoms with Crippen LogP contribution in [0, 0.1) is 18.7 Å². The molecule has 3 rings (SSSR count). The smallest absolute Gasteiger partial charge is 0.325 e. The van der Waals surface area contributed by atoms with E-state index in [9.17, 15) is 23.9 Å². The molecule has 0 spiro atoms. The standard InChI is InChI=1S/C24H28FN3O6/c1-13(2)21(22(31)26-19-9-4-14(3)10-18(19)25)28-23(32)20(27-24(28)33)15-5-7-17(8-6-15)34-12-16(30)11-29/h4-10,13,16,20-21,29-30H,11-12H2,1-3H3,(H,26,31)(H,27,33)/t16?,20-,21?/m1/s1. The van der Waals surface area contributed by atoms with Gasteiger partial charge in [0, 0.05) is 0 Å². The lowest BCUT2D eigenvalue weighted by Crippen LogP contribution is -2.50. The second-order valence-electron chi connectivity index (χ2n) is 8.47. The van der Waals surface area contributed by atoms with E-state index in [1.807, 2.05) is 0 Å². The fraction of sp³-hybridized carbons (Fsp3) is 0.375. The monoisotopic (exact) mass is 473 g/mol. The van der Waals surface area contributed by atoms with E-state index in [0.29, 0.717) is 16.9 Å². The van der Waals surface area contributed by atoms with Gasteiger partial charge in [0.15, 0.2) is 0 Å². The quantitative estimate of drug-likeness (QED) is 0.413. The zero-order valence-electron chi connectivity index (χ0n) is 19.1. The van der Waals surface area contributed by atoms with Crippen LogP contribution in [0.4, 0.5) is 14.9 Å².